The maximum absolute atomic E-state index is 12.5. The molecule has 0 aliphatic rings. The Kier molecular flexibility index (Phi) is 4.53. The van der Waals surface area contributed by atoms with Crippen molar-refractivity contribution in [3.05, 3.63) is 47.9 Å². The van der Waals surface area contributed by atoms with Gasteiger partial charge in [-0.05, 0) is 11.1 Å². The molecule has 0 spiro atoms. The summed E-state index contributed by atoms with van der Waals surface area (Å²) in [5, 5.41) is 0.101. The Balaban J connectivity index is 2.30. The van der Waals surface area contributed by atoms with Crippen molar-refractivity contribution < 1.29 is 8.42 Å². The van der Waals surface area contributed by atoms with E-state index in [0.717, 1.165) is 11.1 Å². The van der Waals surface area contributed by atoms with Gasteiger partial charge in [-0.25, -0.2) is 13.4 Å². The number of rotatable bonds is 6. The van der Waals surface area contributed by atoms with E-state index < -0.39 is 10.0 Å². The molecule has 1 aromatic carbocycles. The van der Waals surface area contributed by atoms with E-state index in [0.29, 0.717) is 19.6 Å². The minimum Gasteiger partial charge on any atom is -0.335 e. The van der Waals surface area contributed by atoms with E-state index in [1.165, 1.54) is 16.8 Å². The fraction of sp³-hybridized carbons (Fsp3) is 0.308. The van der Waals surface area contributed by atoms with E-state index in [1.807, 2.05) is 24.3 Å². The molecule has 0 bridgehead atoms. The minimum absolute atomic E-state index is 0.101. The molecule has 0 fully saturated rings. The maximum atomic E-state index is 12.5. The highest BCUT2D eigenvalue weighted by Gasteiger charge is 2.24. The summed E-state index contributed by atoms with van der Waals surface area (Å²) >= 11 is 0. The highest BCUT2D eigenvalue weighted by Crippen LogP contribution is 2.17. The molecule has 1 aromatic heterocycles. The highest BCUT2D eigenvalue weighted by atomic mass is 32.2. The SMILES string of the molecule is CCN(Cc1ccccc1CN)S(=O)(=O)c1cnc[nH]1. The van der Waals surface area contributed by atoms with Gasteiger partial charge in [0.25, 0.3) is 10.0 Å². The van der Waals surface area contributed by atoms with Crippen molar-refractivity contribution in [2.45, 2.75) is 25.0 Å². The number of aromatic amines is 1. The number of H-pyrrole nitrogens is 1. The van der Waals surface area contributed by atoms with Crippen molar-refractivity contribution in [2.75, 3.05) is 6.54 Å². The topological polar surface area (TPSA) is 92.1 Å². The van der Waals surface area contributed by atoms with E-state index >= 15 is 0 Å². The molecule has 0 saturated carbocycles. The Morgan fingerprint density at radius 3 is 2.55 bits per heavy atom. The van der Waals surface area contributed by atoms with E-state index in [-0.39, 0.29) is 5.03 Å². The molecule has 1 heterocycles. The molecule has 20 heavy (non-hydrogen) atoms. The molecule has 0 saturated heterocycles. The summed E-state index contributed by atoms with van der Waals surface area (Å²) in [5.74, 6) is 0. The van der Waals surface area contributed by atoms with Gasteiger partial charge in [0.1, 0.15) is 0 Å². The van der Waals surface area contributed by atoms with Crippen LogP contribution < -0.4 is 5.73 Å². The first-order chi connectivity index (χ1) is 9.59. The number of nitrogens with one attached hydrogen (secondary N) is 1. The summed E-state index contributed by atoms with van der Waals surface area (Å²) in [4.78, 5) is 6.41. The Labute approximate surface area is 118 Å². The predicted octanol–water partition coefficient (Wildman–Crippen LogP) is 1.08. The second-order valence-corrected chi connectivity index (χ2v) is 6.23. The van der Waals surface area contributed by atoms with Gasteiger partial charge in [-0.1, -0.05) is 31.2 Å². The average Bonchev–Trinajstić information content (AvgIpc) is 2.99. The number of sulfonamides is 1. The van der Waals surface area contributed by atoms with Gasteiger partial charge in [-0.2, -0.15) is 4.31 Å². The first kappa shape index (κ1) is 14.7. The fourth-order valence-corrected chi connectivity index (χ4v) is 3.31. The predicted molar refractivity (Wildman–Crippen MR) is 76.2 cm³/mol. The Morgan fingerprint density at radius 1 is 1.30 bits per heavy atom. The second kappa shape index (κ2) is 6.17. The molecule has 6 nitrogen and oxygen atoms in total. The zero-order chi connectivity index (χ0) is 14.6. The van der Waals surface area contributed by atoms with Crippen LogP contribution in [-0.2, 0) is 23.1 Å². The molecule has 108 valence electrons. The van der Waals surface area contributed by atoms with Gasteiger partial charge in [-0.15, -0.1) is 0 Å². The van der Waals surface area contributed by atoms with Gasteiger partial charge in [-0.3, -0.25) is 0 Å². The molecule has 0 aliphatic carbocycles. The first-order valence-corrected chi connectivity index (χ1v) is 7.79. The molecule has 0 radical (unpaired) electrons. The van der Waals surface area contributed by atoms with Gasteiger partial charge < -0.3 is 10.7 Å². The lowest BCUT2D eigenvalue weighted by atomic mass is 10.1. The highest BCUT2D eigenvalue weighted by molar-refractivity contribution is 7.89. The molecular weight excluding hydrogens is 276 g/mol. The first-order valence-electron chi connectivity index (χ1n) is 6.35. The van der Waals surface area contributed by atoms with Gasteiger partial charge >= 0.3 is 0 Å². The summed E-state index contributed by atoms with van der Waals surface area (Å²) in [5.41, 5.74) is 7.55. The molecule has 0 atom stereocenters. The Morgan fingerprint density at radius 2 is 2.00 bits per heavy atom. The van der Waals surface area contributed by atoms with Crippen LogP contribution in [-0.4, -0.2) is 29.2 Å². The Bertz CT molecular complexity index is 653. The van der Waals surface area contributed by atoms with Crippen molar-refractivity contribution in [1.29, 1.82) is 0 Å². The van der Waals surface area contributed by atoms with Crippen molar-refractivity contribution in [3.63, 3.8) is 0 Å². The third-order valence-corrected chi connectivity index (χ3v) is 4.97. The summed E-state index contributed by atoms with van der Waals surface area (Å²) < 4.78 is 26.3. The van der Waals surface area contributed by atoms with Crippen LogP contribution in [0.2, 0.25) is 0 Å². The van der Waals surface area contributed by atoms with Crippen LogP contribution in [0, 0.1) is 0 Å². The molecule has 7 heteroatoms. The standard InChI is InChI=1S/C13H18N4O2S/c1-2-17(20(18,19)13-8-15-10-16-13)9-12-6-4-3-5-11(12)7-14/h3-6,8,10H,2,7,9,14H2,1H3,(H,15,16). The Hall–Kier alpha value is -1.70. The summed E-state index contributed by atoms with van der Waals surface area (Å²) in [6.07, 6.45) is 2.67. The van der Waals surface area contributed by atoms with Crippen LogP contribution >= 0.6 is 0 Å². The third kappa shape index (κ3) is 2.90. The molecule has 0 amide bonds. The van der Waals surface area contributed by atoms with Crippen molar-refractivity contribution in [2.24, 2.45) is 5.73 Å². The average molecular weight is 294 g/mol. The zero-order valence-corrected chi connectivity index (χ0v) is 12.1. The van der Waals surface area contributed by atoms with E-state index in [9.17, 15) is 8.42 Å². The van der Waals surface area contributed by atoms with E-state index in [1.54, 1.807) is 6.92 Å². The van der Waals surface area contributed by atoms with Gasteiger partial charge in [0, 0.05) is 19.6 Å². The molecular formula is C13H18N4O2S. The molecule has 2 rings (SSSR count). The number of hydrogen-bond donors (Lipinski definition) is 2. The lowest BCUT2D eigenvalue weighted by molar-refractivity contribution is 0.420. The molecule has 3 N–H and O–H groups in total. The van der Waals surface area contributed by atoms with Crippen LogP contribution in [0.15, 0.2) is 41.8 Å². The summed E-state index contributed by atoms with van der Waals surface area (Å²) in [7, 11) is -3.56. The van der Waals surface area contributed by atoms with Gasteiger partial charge in [0.05, 0.1) is 12.5 Å². The molecule has 0 aliphatic heterocycles. The van der Waals surface area contributed by atoms with Crippen LogP contribution in [0.25, 0.3) is 0 Å². The third-order valence-electron chi connectivity index (χ3n) is 3.13. The number of imidazole rings is 1. The van der Waals surface area contributed by atoms with Crippen LogP contribution in [0.3, 0.4) is 0 Å². The van der Waals surface area contributed by atoms with Gasteiger partial charge in [0.15, 0.2) is 5.03 Å². The second-order valence-electron chi connectivity index (χ2n) is 4.32. The van der Waals surface area contributed by atoms with E-state index in [2.05, 4.69) is 9.97 Å². The molecule has 2 aromatic rings. The van der Waals surface area contributed by atoms with Crippen molar-refractivity contribution >= 4 is 10.0 Å². The monoisotopic (exact) mass is 294 g/mol. The number of aromatic nitrogens is 2. The lowest BCUT2D eigenvalue weighted by Gasteiger charge is -2.20. The van der Waals surface area contributed by atoms with Crippen molar-refractivity contribution in [1.82, 2.24) is 14.3 Å². The summed E-state index contributed by atoms with van der Waals surface area (Å²) in [6.45, 7) is 2.86. The fourth-order valence-electron chi connectivity index (χ4n) is 1.99. The largest absolute Gasteiger partial charge is 0.335 e. The smallest absolute Gasteiger partial charge is 0.260 e. The normalized spacial score (nSPS) is 11.9. The summed E-state index contributed by atoms with van der Waals surface area (Å²) in [6, 6.07) is 7.58. The van der Waals surface area contributed by atoms with Gasteiger partial charge in [0.2, 0.25) is 0 Å². The lowest BCUT2D eigenvalue weighted by Crippen LogP contribution is -2.31. The number of hydrogen-bond acceptors (Lipinski definition) is 4. The molecule has 0 unspecified atom stereocenters. The van der Waals surface area contributed by atoms with Crippen molar-refractivity contribution in [3.8, 4) is 0 Å². The zero-order valence-electron chi connectivity index (χ0n) is 11.3. The van der Waals surface area contributed by atoms with Crippen LogP contribution in [0.4, 0.5) is 0 Å². The quantitative estimate of drug-likeness (QED) is 0.834. The van der Waals surface area contributed by atoms with E-state index in [4.69, 9.17) is 5.73 Å². The maximum Gasteiger partial charge on any atom is 0.260 e. The number of nitrogens with zero attached hydrogens (tertiary/aromatic N) is 2. The van der Waals surface area contributed by atoms with Crippen LogP contribution in [0.5, 0.6) is 0 Å². The van der Waals surface area contributed by atoms with Crippen LogP contribution in [0.1, 0.15) is 18.1 Å². The number of benzene rings is 1. The minimum atomic E-state index is -3.56. The number of nitrogens with two attached hydrogens (primary N) is 1.